The van der Waals surface area contributed by atoms with Crippen molar-refractivity contribution in [2.45, 2.75) is 0 Å². The minimum atomic E-state index is -0.204. The SMILES string of the molecule is COc1ccc(/C=C/C(=O)Nc2ccc(Br)nc2)cc1. The van der Waals surface area contributed by atoms with E-state index in [0.717, 1.165) is 15.9 Å². The minimum Gasteiger partial charge on any atom is -0.497 e. The lowest BCUT2D eigenvalue weighted by Gasteiger charge is -2.01. The molecule has 1 aromatic heterocycles. The topological polar surface area (TPSA) is 51.2 Å². The van der Waals surface area contributed by atoms with Crippen molar-refractivity contribution in [3.8, 4) is 5.75 Å². The van der Waals surface area contributed by atoms with Crippen molar-refractivity contribution in [3.63, 3.8) is 0 Å². The van der Waals surface area contributed by atoms with Crippen LogP contribution in [0.2, 0.25) is 0 Å². The summed E-state index contributed by atoms with van der Waals surface area (Å²) in [6, 6.07) is 11.0. The number of hydrogen-bond donors (Lipinski definition) is 1. The largest absolute Gasteiger partial charge is 0.497 e. The fraction of sp³-hybridized carbons (Fsp3) is 0.0667. The fourth-order valence-corrected chi connectivity index (χ4v) is 1.76. The number of pyridine rings is 1. The van der Waals surface area contributed by atoms with E-state index in [1.54, 1.807) is 31.5 Å². The van der Waals surface area contributed by atoms with E-state index in [-0.39, 0.29) is 5.91 Å². The molecule has 0 saturated carbocycles. The zero-order valence-corrected chi connectivity index (χ0v) is 12.4. The van der Waals surface area contributed by atoms with Crippen molar-refractivity contribution < 1.29 is 9.53 Å². The van der Waals surface area contributed by atoms with Gasteiger partial charge in [-0.2, -0.15) is 0 Å². The Kier molecular flexibility index (Phi) is 4.90. The van der Waals surface area contributed by atoms with Gasteiger partial charge >= 0.3 is 0 Å². The van der Waals surface area contributed by atoms with Crippen LogP contribution in [0.5, 0.6) is 5.75 Å². The van der Waals surface area contributed by atoms with E-state index < -0.39 is 0 Å². The minimum absolute atomic E-state index is 0.204. The number of nitrogens with one attached hydrogen (secondary N) is 1. The molecular weight excluding hydrogens is 320 g/mol. The predicted molar refractivity (Wildman–Crippen MR) is 82.6 cm³/mol. The maximum Gasteiger partial charge on any atom is 0.248 e. The van der Waals surface area contributed by atoms with Crippen molar-refractivity contribution in [3.05, 3.63) is 58.8 Å². The van der Waals surface area contributed by atoms with Crippen LogP contribution in [0.3, 0.4) is 0 Å². The molecule has 0 aliphatic carbocycles. The van der Waals surface area contributed by atoms with Gasteiger partial charge in [-0.15, -0.1) is 0 Å². The van der Waals surface area contributed by atoms with E-state index in [1.165, 1.54) is 6.08 Å². The molecule has 1 aromatic carbocycles. The molecule has 20 heavy (non-hydrogen) atoms. The third kappa shape index (κ3) is 4.20. The Bertz CT molecular complexity index is 607. The van der Waals surface area contributed by atoms with Crippen LogP contribution in [0.1, 0.15) is 5.56 Å². The molecule has 4 nitrogen and oxygen atoms in total. The molecule has 0 radical (unpaired) electrons. The van der Waals surface area contributed by atoms with Crippen molar-refractivity contribution in [1.82, 2.24) is 4.98 Å². The first-order valence-corrected chi connectivity index (χ1v) is 6.71. The second kappa shape index (κ2) is 6.86. The van der Waals surface area contributed by atoms with Gasteiger partial charge in [0.05, 0.1) is 19.0 Å². The molecule has 1 heterocycles. The first kappa shape index (κ1) is 14.3. The van der Waals surface area contributed by atoms with Gasteiger partial charge in [-0.05, 0) is 51.8 Å². The van der Waals surface area contributed by atoms with Gasteiger partial charge in [-0.3, -0.25) is 4.79 Å². The first-order valence-electron chi connectivity index (χ1n) is 5.92. The zero-order valence-electron chi connectivity index (χ0n) is 10.8. The van der Waals surface area contributed by atoms with E-state index in [0.29, 0.717) is 5.69 Å². The summed E-state index contributed by atoms with van der Waals surface area (Å²) in [5.74, 6) is 0.581. The van der Waals surface area contributed by atoms with E-state index in [9.17, 15) is 4.79 Å². The molecular formula is C15H13BrN2O2. The Balaban J connectivity index is 1.96. The van der Waals surface area contributed by atoms with Crippen LogP contribution in [0.15, 0.2) is 53.3 Å². The van der Waals surface area contributed by atoms with Crippen LogP contribution in [0.4, 0.5) is 5.69 Å². The van der Waals surface area contributed by atoms with Crippen LogP contribution < -0.4 is 10.1 Å². The van der Waals surface area contributed by atoms with E-state index >= 15 is 0 Å². The number of methoxy groups -OCH3 is 1. The number of amides is 1. The summed E-state index contributed by atoms with van der Waals surface area (Å²) in [7, 11) is 1.62. The number of carbonyl (C=O) groups excluding carboxylic acids is 1. The summed E-state index contributed by atoms with van der Waals surface area (Å²) >= 11 is 3.24. The smallest absolute Gasteiger partial charge is 0.248 e. The number of benzene rings is 1. The molecule has 2 rings (SSSR count). The monoisotopic (exact) mass is 332 g/mol. The van der Waals surface area contributed by atoms with Crippen LogP contribution in [-0.4, -0.2) is 18.0 Å². The van der Waals surface area contributed by atoms with Gasteiger partial charge in [0.25, 0.3) is 0 Å². The van der Waals surface area contributed by atoms with Gasteiger partial charge in [0.15, 0.2) is 0 Å². The Morgan fingerprint density at radius 3 is 2.60 bits per heavy atom. The van der Waals surface area contributed by atoms with Crippen LogP contribution >= 0.6 is 15.9 Å². The van der Waals surface area contributed by atoms with Crippen molar-refractivity contribution in [1.29, 1.82) is 0 Å². The third-order valence-corrected chi connectivity index (χ3v) is 3.01. The quantitative estimate of drug-likeness (QED) is 0.688. The lowest BCUT2D eigenvalue weighted by atomic mass is 10.2. The first-order chi connectivity index (χ1) is 9.67. The maximum absolute atomic E-state index is 11.7. The summed E-state index contributed by atoms with van der Waals surface area (Å²) < 4.78 is 5.80. The lowest BCUT2D eigenvalue weighted by Crippen LogP contribution is -2.07. The number of halogens is 1. The van der Waals surface area contributed by atoms with Crippen LogP contribution in [0.25, 0.3) is 6.08 Å². The number of carbonyl (C=O) groups is 1. The molecule has 102 valence electrons. The highest BCUT2D eigenvalue weighted by Crippen LogP contribution is 2.13. The molecule has 0 atom stereocenters. The Morgan fingerprint density at radius 2 is 2.00 bits per heavy atom. The summed E-state index contributed by atoms with van der Waals surface area (Å²) in [6.45, 7) is 0. The molecule has 0 spiro atoms. The molecule has 5 heteroatoms. The predicted octanol–water partition coefficient (Wildman–Crippen LogP) is 3.50. The van der Waals surface area contributed by atoms with Gasteiger partial charge < -0.3 is 10.1 Å². The van der Waals surface area contributed by atoms with Crippen LogP contribution in [0, 0.1) is 0 Å². The molecule has 1 N–H and O–H groups in total. The summed E-state index contributed by atoms with van der Waals surface area (Å²) in [6.07, 6.45) is 4.80. The number of ether oxygens (including phenoxy) is 1. The van der Waals surface area contributed by atoms with E-state index in [4.69, 9.17) is 4.74 Å². The second-order valence-electron chi connectivity index (χ2n) is 3.97. The molecule has 0 aliphatic heterocycles. The molecule has 0 saturated heterocycles. The van der Waals surface area contributed by atoms with Crippen molar-refractivity contribution in [2.75, 3.05) is 12.4 Å². The fourth-order valence-electron chi connectivity index (χ4n) is 1.52. The average Bonchev–Trinajstić information content (AvgIpc) is 2.48. The third-order valence-electron chi connectivity index (χ3n) is 2.54. The number of anilines is 1. The van der Waals surface area contributed by atoms with Gasteiger partial charge in [0.1, 0.15) is 10.4 Å². The van der Waals surface area contributed by atoms with Gasteiger partial charge in [-0.1, -0.05) is 12.1 Å². The molecule has 2 aromatic rings. The molecule has 0 aliphatic rings. The highest BCUT2D eigenvalue weighted by molar-refractivity contribution is 9.10. The Labute approximate surface area is 125 Å². The highest BCUT2D eigenvalue weighted by Gasteiger charge is 1.98. The second-order valence-corrected chi connectivity index (χ2v) is 4.78. The maximum atomic E-state index is 11.7. The van der Waals surface area contributed by atoms with Crippen LogP contribution in [-0.2, 0) is 4.79 Å². The standard InChI is InChI=1S/C15H13BrN2O2/c1-20-13-6-2-11(3-7-13)4-9-15(19)18-12-5-8-14(16)17-10-12/h2-10H,1H3,(H,18,19)/b9-4+. The van der Waals surface area contributed by atoms with Crippen molar-refractivity contribution in [2.24, 2.45) is 0 Å². The summed E-state index contributed by atoms with van der Waals surface area (Å²) in [5, 5.41) is 2.73. The molecule has 0 bridgehead atoms. The van der Waals surface area contributed by atoms with E-state index in [1.807, 2.05) is 24.3 Å². The number of rotatable bonds is 4. The zero-order chi connectivity index (χ0) is 14.4. The van der Waals surface area contributed by atoms with Gasteiger partial charge in [-0.25, -0.2) is 4.98 Å². The van der Waals surface area contributed by atoms with Gasteiger partial charge in [0, 0.05) is 6.08 Å². The summed E-state index contributed by atoms with van der Waals surface area (Å²) in [5.41, 5.74) is 1.58. The normalized spacial score (nSPS) is 10.5. The molecule has 0 unspecified atom stereocenters. The molecule has 1 amide bonds. The number of hydrogen-bond acceptors (Lipinski definition) is 3. The Hall–Kier alpha value is -2.14. The average molecular weight is 333 g/mol. The van der Waals surface area contributed by atoms with Gasteiger partial charge in [0.2, 0.25) is 5.91 Å². The molecule has 0 fully saturated rings. The number of aromatic nitrogens is 1. The Morgan fingerprint density at radius 1 is 1.25 bits per heavy atom. The summed E-state index contributed by atoms with van der Waals surface area (Å²) in [4.78, 5) is 15.8. The highest BCUT2D eigenvalue weighted by atomic mass is 79.9. The van der Waals surface area contributed by atoms with Crippen molar-refractivity contribution >= 4 is 33.6 Å². The lowest BCUT2D eigenvalue weighted by molar-refractivity contribution is -0.111. The van der Waals surface area contributed by atoms with E-state index in [2.05, 4.69) is 26.2 Å². The number of nitrogens with zero attached hydrogens (tertiary/aromatic N) is 1.